The maximum Gasteiger partial charge on any atom is 0.255 e. The van der Waals surface area contributed by atoms with E-state index in [1.807, 2.05) is 6.92 Å². The molecule has 8 heteroatoms. The topological polar surface area (TPSA) is 76.7 Å². The van der Waals surface area contributed by atoms with Crippen LogP contribution >= 0.6 is 0 Å². The van der Waals surface area contributed by atoms with Crippen LogP contribution in [0.5, 0.6) is 17.2 Å². The van der Waals surface area contributed by atoms with E-state index in [-0.39, 0.29) is 11.1 Å². The van der Waals surface area contributed by atoms with Crippen molar-refractivity contribution in [3.05, 3.63) is 114 Å². The predicted octanol–water partition coefficient (Wildman–Crippen LogP) is 6.66. The molecule has 0 bridgehead atoms. The lowest BCUT2D eigenvalue weighted by molar-refractivity contribution is 0.101. The van der Waals surface area contributed by atoms with Crippen LogP contribution in [-0.2, 0) is 0 Å². The van der Waals surface area contributed by atoms with Crippen molar-refractivity contribution in [1.29, 1.82) is 0 Å². The normalized spacial score (nSPS) is 10.4. The summed E-state index contributed by atoms with van der Waals surface area (Å²) in [5, 5.41) is 5.37. The first-order valence-corrected chi connectivity index (χ1v) is 11.1. The first-order valence-electron chi connectivity index (χ1n) is 11.1. The fourth-order valence-electron chi connectivity index (χ4n) is 3.37. The molecule has 0 aliphatic rings. The van der Waals surface area contributed by atoms with Gasteiger partial charge in [0.2, 0.25) is 0 Å². The van der Waals surface area contributed by atoms with Gasteiger partial charge in [-0.25, -0.2) is 8.78 Å². The molecule has 4 aromatic rings. The number of halogens is 2. The summed E-state index contributed by atoms with van der Waals surface area (Å²) in [5.41, 5.74) is 0.834. The summed E-state index contributed by atoms with van der Waals surface area (Å²) < 4.78 is 38.5. The highest BCUT2D eigenvalue weighted by Crippen LogP contribution is 2.30. The molecule has 0 unspecified atom stereocenters. The monoisotopic (exact) mass is 488 g/mol. The Bertz CT molecular complexity index is 1310. The lowest BCUT2D eigenvalue weighted by Gasteiger charge is -2.13. The van der Waals surface area contributed by atoms with Gasteiger partial charge in [-0.05, 0) is 73.7 Å². The minimum absolute atomic E-state index is 0.123. The van der Waals surface area contributed by atoms with Gasteiger partial charge in [0.05, 0.1) is 6.61 Å². The fraction of sp³-hybridized carbons (Fsp3) is 0.0714. The van der Waals surface area contributed by atoms with Gasteiger partial charge < -0.3 is 20.1 Å². The van der Waals surface area contributed by atoms with E-state index in [1.54, 1.807) is 36.4 Å². The van der Waals surface area contributed by atoms with E-state index in [4.69, 9.17) is 9.47 Å². The van der Waals surface area contributed by atoms with Crippen LogP contribution < -0.4 is 20.1 Å². The van der Waals surface area contributed by atoms with Gasteiger partial charge >= 0.3 is 0 Å². The van der Waals surface area contributed by atoms with Crippen LogP contribution in [0.3, 0.4) is 0 Å². The number of amides is 2. The third-order valence-corrected chi connectivity index (χ3v) is 4.97. The second kappa shape index (κ2) is 11.1. The maximum atomic E-state index is 13.6. The van der Waals surface area contributed by atoms with E-state index in [2.05, 4.69) is 10.6 Å². The molecule has 4 rings (SSSR count). The summed E-state index contributed by atoms with van der Waals surface area (Å²) in [6.07, 6.45) is 0. The van der Waals surface area contributed by atoms with Crippen LogP contribution in [0, 0.1) is 11.6 Å². The van der Waals surface area contributed by atoms with Crippen molar-refractivity contribution in [3.63, 3.8) is 0 Å². The van der Waals surface area contributed by atoms with Crippen molar-refractivity contribution >= 4 is 23.2 Å². The van der Waals surface area contributed by atoms with E-state index in [0.717, 1.165) is 12.1 Å². The van der Waals surface area contributed by atoms with Crippen molar-refractivity contribution in [2.45, 2.75) is 6.92 Å². The molecular weight excluding hydrogens is 466 g/mol. The van der Waals surface area contributed by atoms with Crippen molar-refractivity contribution in [3.8, 4) is 17.2 Å². The van der Waals surface area contributed by atoms with E-state index in [9.17, 15) is 18.4 Å². The van der Waals surface area contributed by atoms with Crippen molar-refractivity contribution in [2.75, 3.05) is 17.2 Å². The molecule has 2 N–H and O–H groups in total. The summed E-state index contributed by atoms with van der Waals surface area (Å²) in [6.45, 7) is 2.41. The molecule has 4 aromatic carbocycles. The third kappa shape index (κ3) is 6.44. The Morgan fingerprint density at radius 3 is 1.64 bits per heavy atom. The van der Waals surface area contributed by atoms with Gasteiger partial charge in [0.25, 0.3) is 11.8 Å². The first-order chi connectivity index (χ1) is 17.4. The summed E-state index contributed by atoms with van der Waals surface area (Å²) in [5.74, 6) is -0.689. The molecule has 0 atom stereocenters. The SMILES string of the molecule is CCOc1ccc(Oc2cc(NC(=O)c3cccc(F)c3)cc(NC(=O)c3cccc(F)c3)c2)cc1. The molecule has 0 fully saturated rings. The summed E-state index contributed by atoms with van der Waals surface area (Å²) in [6, 6.07) is 22.1. The second-order valence-corrected chi connectivity index (χ2v) is 7.68. The number of hydrogen-bond donors (Lipinski definition) is 2. The average Bonchev–Trinajstić information content (AvgIpc) is 2.85. The number of benzene rings is 4. The van der Waals surface area contributed by atoms with Gasteiger partial charge in [0.15, 0.2) is 0 Å². The van der Waals surface area contributed by atoms with Crippen LogP contribution in [0.2, 0.25) is 0 Å². The Hall–Kier alpha value is -4.72. The Balaban J connectivity index is 1.61. The quantitative estimate of drug-likeness (QED) is 0.291. The van der Waals surface area contributed by atoms with Crippen molar-refractivity contribution in [1.82, 2.24) is 0 Å². The molecule has 2 amide bonds. The molecular formula is C28H22F2N2O4. The van der Waals surface area contributed by atoms with Crippen LogP contribution in [0.15, 0.2) is 91.0 Å². The van der Waals surface area contributed by atoms with E-state index in [1.165, 1.54) is 42.5 Å². The highest BCUT2D eigenvalue weighted by molar-refractivity contribution is 6.06. The minimum atomic E-state index is -0.546. The second-order valence-electron chi connectivity index (χ2n) is 7.68. The molecule has 6 nitrogen and oxygen atoms in total. The highest BCUT2D eigenvalue weighted by atomic mass is 19.1. The smallest absolute Gasteiger partial charge is 0.255 e. The molecule has 0 saturated carbocycles. The van der Waals surface area contributed by atoms with Gasteiger partial charge in [0.1, 0.15) is 28.9 Å². The van der Waals surface area contributed by atoms with Gasteiger partial charge in [0, 0.05) is 34.6 Å². The predicted molar refractivity (Wildman–Crippen MR) is 133 cm³/mol. The largest absolute Gasteiger partial charge is 0.494 e. The van der Waals surface area contributed by atoms with E-state index >= 15 is 0 Å². The third-order valence-electron chi connectivity index (χ3n) is 4.97. The number of rotatable bonds is 8. The fourth-order valence-corrected chi connectivity index (χ4v) is 3.37. The van der Waals surface area contributed by atoms with Gasteiger partial charge in [-0.1, -0.05) is 12.1 Å². The molecule has 0 saturated heterocycles. The van der Waals surface area contributed by atoms with E-state index < -0.39 is 23.4 Å². The molecule has 0 aromatic heterocycles. The molecule has 0 aliphatic carbocycles. The van der Waals surface area contributed by atoms with Crippen molar-refractivity contribution < 1.29 is 27.8 Å². The average molecular weight is 488 g/mol. The molecule has 36 heavy (non-hydrogen) atoms. The molecule has 182 valence electrons. The maximum absolute atomic E-state index is 13.6. The minimum Gasteiger partial charge on any atom is -0.494 e. The van der Waals surface area contributed by atoms with Crippen LogP contribution in [0.4, 0.5) is 20.2 Å². The van der Waals surface area contributed by atoms with Crippen molar-refractivity contribution in [2.24, 2.45) is 0 Å². The summed E-state index contributed by atoms with van der Waals surface area (Å²) in [4.78, 5) is 25.3. The van der Waals surface area contributed by atoms with Crippen LogP contribution in [0.1, 0.15) is 27.6 Å². The van der Waals surface area contributed by atoms with Gasteiger partial charge in [-0.15, -0.1) is 0 Å². The van der Waals surface area contributed by atoms with Crippen LogP contribution in [-0.4, -0.2) is 18.4 Å². The number of ether oxygens (including phenoxy) is 2. The Labute approximate surface area is 206 Å². The lowest BCUT2D eigenvalue weighted by atomic mass is 10.1. The zero-order valence-corrected chi connectivity index (χ0v) is 19.3. The molecule has 0 radical (unpaired) electrons. The Morgan fingerprint density at radius 2 is 1.17 bits per heavy atom. The standard InChI is InChI=1S/C28H22F2N2O4/c1-2-35-24-9-11-25(12-10-24)36-26-16-22(31-27(33)18-5-3-7-20(29)13-18)15-23(17-26)32-28(34)19-6-4-8-21(30)14-19/h3-17H,2H2,1H3,(H,31,33)(H,32,34). The van der Waals surface area contributed by atoms with Crippen LogP contribution in [0.25, 0.3) is 0 Å². The zero-order valence-electron chi connectivity index (χ0n) is 19.3. The number of carbonyl (C=O) groups is 2. The zero-order chi connectivity index (χ0) is 25.5. The number of nitrogens with one attached hydrogen (secondary N) is 2. The lowest BCUT2D eigenvalue weighted by Crippen LogP contribution is -2.14. The Kier molecular flexibility index (Phi) is 7.55. The highest BCUT2D eigenvalue weighted by Gasteiger charge is 2.13. The van der Waals surface area contributed by atoms with E-state index in [0.29, 0.717) is 35.2 Å². The Morgan fingerprint density at radius 1 is 0.667 bits per heavy atom. The number of carbonyl (C=O) groups excluding carboxylic acids is 2. The van der Waals surface area contributed by atoms with Gasteiger partial charge in [-0.2, -0.15) is 0 Å². The molecule has 0 spiro atoms. The number of anilines is 2. The molecule has 0 aliphatic heterocycles. The summed E-state index contributed by atoms with van der Waals surface area (Å²) >= 11 is 0. The number of hydrogen-bond acceptors (Lipinski definition) is 4. The first kappa shape index (κ1) is 24.4. The molecule has 0 heterocycles. The van der Waals surface area contributed by atoms with Gasteiger partial charge in [-0.3, -0.25) is 9.59 Å². The summed E-state index contributed by atoms with van der Waals surface area (Å²) in [7, 11) is 0.